The Morgan fingerprint density at radius 2 is 2.12 bits per heavy atom. The molecule has 0 spiro atoms. The highest BCUT2D eigenvalue weighted by Gasteiger charge is 2.30. The smallest absolute Gasteiger partial charge is 0.156 e. The Kier molecular flexibility index (Phi) is 1.44. The van der Waals surface area contributed by atoms with Crippen LogP contribution in [0.15, 0.2) is 0 Å². The van der Waals surface area contributed by atoms with E-state index in [1.807, 2.05) is 0 Å². The molecule has 1 unspecified atom stereocenters. The van der Waals surface area contributed by atoms with Crippen molar-refractivity contribution >= 4 is 16.9 Å². The van der Waals surface area contributed by atoms with Crippen LogP contribution >= 0.6 is 0 Å². The zero-order valence-corrected chi connectivity index (χ0v) is 4.98. The molecule has 0 bridgehead atoms. The first kappa shape index (κ1) is 5.91. The fraction of sp³-hybridized carbons (Fsp3) is 0.750. The first-order valence-corrected chi connectivity index (χ1v) is 3.48. The lowest BCUT2D eigenvalue weighted by Crippen LogP contribution is -2.32. The molecule has 1 N–H and O–H groups in total. The highest BCUT2D eigenvalue weighted by Crippen LogP contribution is 2.18. The lowest BCUT2D eigenvalue weighted by Gasteiger charge is -2.18. The molecule has 0 saturated heterocycles. The molecule has 0 aromatic rings. The largest absolute Gasteiger partial charge is 0.306 e. The van der Waals surface area contributed by atoms with Crippen molar-refractivity contribution in [3.8, 4) is 0 Å². The SMILES string of the molecule is O=C1CC(S(=O)O)C1. The number of hydrogen-bond acceptors (Lipinski definition) is 2. The summed E-state index contributed by atoms with van der Waals surface area (Å²) in [5.74, 6) is 0.0948. The van der Waals surface area contributed by atoms with Gasteiger partial charge in [0.2, 0.25) is 0 Å². The summed E-state index contributed by atoms with van der Waals surface area (Å²) in [7, 11) is 0. The molecule has 1 saturated carbocycles. The minimum Gasteiger partial charge on any atom is -0.306 e. The van der Waals surface area contributed by atoms with Gasteiger partial charge in [-0.15, -0.1) is 0 Å². The minimum atomic E-state index is -1.77. The Bertz CT molecular complexity index is 134. The van der Waals surface area contributed by atoms with Crippen LogP contribution in [-0.4, -0.2) is 19.8 Å². The Hall–Kier alpha value is -0.220. The van der Waals surface area contributed by atoms with Crippen LogP contribution < -0.4 is 0 Å². The van der Waals surface area contributed by atoms with Gasteiger partial charge in [0.1, 0.15) is 5.78 Å². The predicted octanol–water partition coefficient (Wildman–Crippen LogP) is -0.0604. The lowest BCUT2D eigenvalue weighted by molar-refractivity contribution is -0.123. The lowest BCUT2D eigenvalue weighted by atomic mass is 9.98. The maximum absolute atomic E-state index is 10.2. The standard InChI is InChI=1S/C4H6O3S/c5-3-1-4(2-3)8(6)7/h4H,1-2H2,(H,6,7). The Morgan fingerprint density at radius 1 is 1.62 bits per heavy atom. The molecule has 0 radical (unpaired) electrons. The van der Waals surface area contributed by atoms with Crippen LogP contribution in [0.1, 0.15) is 12.8 Å². The van der Waals surface area contributed by atoms with Gasteiger partial charge < -0.3 is 4.55 Å². The molecule has 0 aliphatic heterocycles. The van der Waals surface area contributed by atoms with Gasteiger partial charge in [0, 0.05) is 12.8 Å². The quantitative estimate of drug-likeness (QED) is 0.511. The maximum atomic E-state index is 10.2. The van der Waals surface area contributed by atoms with Gasteiger partial charge in [0.15, 0.2) is 11.1 Å². The van der Waals surface area contributed by atoms with Crippen LogP contribution in [0.2, 0.25) is 0 Å². The number of carbonyl (C=O) groups excluding carboxylic acids is 1. The van der Waals surface area contributed by atoms with Gasteiger partial charge in [0.25, 0.3) is 0 Å². The molecule has 1 fully saturated rings. The molecule has 1 rings (SSSR count). The third-order valence-corrected chi connectivity index (χ3v) is 2.10. The molecular formula is C4H6O3S. The summed E-state index contributed by atoms with van der Waals surface area (Å²) in [5.41, 5.74) is 0. The molecule has 1 aliphatic carbocycles. The normalized spacial score (nSPS) is 24.9. The average Bonchev–Trinajstić information content (AvgIpc) is 1.57. The van der Waals surface area contributed by atoms with Crippen LogP contribution in [0, 0.1) is 0 Å². The maximum Gasteiger partial charge on any atom is 0.156 e. The van der Waals surface area contributed by atoms with E-state index in [4.69, 9.17) is 4.55 Å². The van der Waals surface area contributed by atoms with Crippen LogP contribution in [0.25, 0.3) is 0 Å². The molecule has 3 nitrogen and oxygen atoms in total. The second kappa shape index (κ2) is 1.95. The fourth-order valence-corrected chi connectivity index (χ4v) is 1.25. The van der Waals surface area contributed by atoms with Gasteiger partial charge in [-0.05, 0) is 0 Å². The van der Waals surface area contributed by atoms with Crippen molar-refractivity contribution < 1.29 is 13.6 Å². The summed E-state index contributed by atoms with van der Waals surface area (Å²) in [6.07, 6.45) is 0.590. The van der Waals surface area contributed by atoms with Crippen molar-refractivity contribution in [2.45, 2.75) is 18.1 Å². The number of ketones is 1. The van der Waals surface area contributed by atoms with E-state index in [2.05, 4.69) is 0 Å². The van der Waals surface area contributed by atoms with E-state index in [9.17, 15) is 9.00 Å². The number of rotatable bonds is 1. The first-order chi connectivity index (χ1) is 3.70. The molecule has 4 heteroatoms. The summed E-state index contributed by atoms with van der Waals surface area (Å²) >= 11 is -1.77. The summed E-state index contributed by atoms with van der Waals surface area (Å²) in [5, 5.41) is -0.262. The Morgan fingerprint density at radius 3 is 2.25 bits per heavy atom. The topological polar surface area (TPSA) is 54.4 Å². The van der Waals surface area contributed by atoms with E-state index in [0.717, 1.165) is 0 Å². The second-order valence-electron chi connectivity index (χ2n) is 1.85. The fourth-order valence-electron chi connectivity index (χ4n) is 0.591. The highest BCUT2D eigenvalue weighted by atomic mass is 32.2. The van der Waals surface area contributed by atoms with Gasteiger partial charge in [-0.25, -0.2) is 4.21 Å². The summed E-state index contributed by atoms with van der Waals surface area (Å²) in [4.78, 5) is 10.2. The summed E-state index contributed by atoms with van der Waals surface area (Å²) in [6.45, 7) is 0. The molecule has 0 heterocycles. The average molecular weight is 134 g/mol. The Labute approximate surface area is 49.4 Å². The van der Waals surface area contributed by atoms with Gasteiger partial charge in [-0.3, -0.25) is 4.79 Å². The van der Waals surface area contributed by atoms with Crippen LogP contribution in [0.3, 0.4) is 0 Å². The molecule has 1 aliphatic rings. The van der Waals surface area contributed by atoms with Crippen molar-refractivity contribution in [3.05, 3.63) is 0 Å². The number of hydrogen-bond donors (Lipinski definition) is 1. The summed E-state index contributed by atoms with van der Waals surface area (Å²) in [6, 6.07) is 0. The predicted molar refractivity (Wildman–Crippen MR) is 28.8 cm³/mol. The molecule has 46 valence electrons. The monoisotopic (exact) mass is 134 g/mol. The zero-order valence-electron chi connectivity index (χ0n) is 4.16. The van der Waals surface area contributed by atoms with Gasteiger partial charge >= 0.3 is 0 Å². The van der Waals surface area contributed by atoms with Crippen LogP contribution in [-0.2, 0) is 15.9 Å². The van der Waals surface area contributed by atoms with Crippen molar-refractivity contribution in [2.24, 2.45) is 0 Å². The third-order valence-electron chi connectivity index (χ3n) is 1.20. The highest BCUT2D eigenvalue weighted by molar-refractivity contribution is 7.80. The van der Waals surface area contributed by atoms with E-state index in [0.29, 0.717) is 12.8 Å². The van der Waals surface area contributed by atoms with Crippen molar-refractivity contribution in [2.75, 3.05) is 0 Å². The van der Waals surface area contributed by atoms with E-state index in [-0.39, 0.29) is 11.0 Å². The molecule has 0 aromatic carbocycles. The summed E-state index contributed by atoms with van der Waals surface area (Å²) < 4.78 is 18.4. The van der Waals surface area contributed by atoms with Crippen molar-refractivity contribution in [3.63, 3.8) is 0 Å². The number of carbonyl (C=O) groups is 1. The Balaban J connectivity index is 2.35. The third kappa shape index (κ3) is 0.952. The van der Waals surface area contributed by atoms with Crippen LogP contribution in [0.5, 0.6) is 0 Å². The first-order valence-electron chi connectivity index (χ1n) is 2.31. The second-order valence-corrected chi connectivity index (χ2v) is 3.06. The molecule has 1 atom stereocenters. The molecular weight excluding hydrogens is 128 g/mol. The van der Waals surface area contributed by atoms with Gasteiger partial charge in [-0.2, -0.15) is 0 Å². The van der Waals surface area contributed by atoms with E-state index in [1.54, 1.807) is 0 Å². The van der Waals surface area contributed by atoms with E-state index >= 15 is 0 Å². The molecule has 0 aromatic heterocycles. The van der Waals surface area contributed by atoms with Crippen molar-refractivity contribution in [1.82, 2.24) is 0 Å². The zero-order chi connectivity index (χ0) is 6.15. The van der Waals surface area contributed by atoms with E-state index in [1.165, 1.54) is 0 Å². The van der Waals surface area contributed by atoms with Gasteiger partial charge in [0.05, 0.1) is 5.25 Å². The molecule has 8 heavy (non-hydrogen) atoms. The minimum absolute atomic E-state index is 0.0948. The number of Topliss-reactive ketones (excluding diaryl/α,β-unsaturated/α-hetero) is 1. The van der Waals surface area contributed by atoms with Crippen LogP contribution in [0.4, 0.5) is 0 Å². The van der Waals surface area contributed by atoms with Crippen molar-refractivity contribution in [1.29, 1.82) is 0 Å². The van der Waals surface area contributed by atoms with Gasteiger partial charge in [-0.1, -0.05) is 0 Å². The molecule has 0 amide bonds. The van der Waals surface area contributed by atoms with E-state index < -0.39 is 11.1 Å².